The van der Waals surface area contributed by atoms with Crippen molar-refractivity contribution in [2.45, 2.75) is 58.0 Å². The summed E-state index contributed by atoms with van der Waals surface area (Å²) in [5.74, 6) is 2.25. The minimum absolute atomic E-state index is 0.165. The highest BCUT2D eigenvalue weighted by Crippen LogP contribution is 2.31. The summed E-state index contributed by atoms with van der Waals surface area (Å²) >= 11 is 0. The average Bonchev–Trinajstić information content (AvgIpc) is 3.08. The molecule has 0 spiro atoms. The van der Waals surface area contributed by atoms with Crippen LogP contribution in [0.2, 0.25) is 0 Å². The third-order valence-electron chi connectivity index (χ3n) is 5.64. The van der Waals surface area contributed by atoms with Gasteiger partial charge in [-0.1, -0.05) is 38.8 Å². The molecular formula is C21H32N2O2. The molecule has 1 saturated carbocycles. The van der Waals surface area contributed by atoms with Crippen LogP contribution < -0.4 is 10.1 Å². The average molecular weight is 344 g/mol. The van der Waals surface area contributed by atoms with Gasteiger partial charge in [0.05, 0.1) is 7.11 Å². The zero-order chi connectivity index (χ0) is 17.8. The van der Waals surface area contributed by atoms with E-state index in [0.717, 1.165) is 37.2 Å². The van der Waals surface area contributed by atoms with Gasteiger partial charge in [-0.3, -0.25) is 9.69 Å². The first-order valence-corrected chi connectivity index (χ1v) is 9.75. The topological polar surface area (TPSA) is 41.6 Å². The predicted molar refractivity (Wildman–Crippen MR) is 101 cm³/mol. The first kappa shape index (κ1) is 18.2. The second kappa shape index (κ2) is 8.22. The zero-order valence-corrected chi connectivity index (χ0v) is 15.8. The number of hydrogen-bond acceptors (Lipinski definition) is 3. The lowest BCUT2D eigenvalue weighted by Gasteiger charge is -2.40. The minimum atomic E-state index is -0.197. The molecule has 4 heteroatoms. The lowest BCUT2D eigenvalue weighted by Crippen LogP contribution is -2.48. The summed E-state index contributed by atoms with van der Waals surface area (Å²) in [6.45, 7) is 6.56. The lowest BCUT2D eigenvalue weighted by atomic mass is 9.89. The molecule has 3 rings (SSSR count). The minimum Gasteiger partial charge on any atom is -0.497 e. The number of hydrogen-bond donors (Lipinski definition) is 1. The first-order valence-electron chi connectivity index (χ1n) is 9.75. The van der Waals surface area contributed by atoms with Crippen molar-refractivity contribution in [2.75, 3.05) is 20.2 Å². The van der Waals surface area contributed by atoms with Crippen LogP contribution in [0.1, 0.15) is 57.6 Å². The molecule has 2 aliphatic rings. The fraction of sp³-hybridized carbons (Fsp3) is 0.667. The molecular weight excluding hydrogens is 312 g/mol. The first-order chi connectivity index (χ1) is 12.1. The van der Waals surface area contributed by atoms with Gasteiger partial charge in [-0.2, -0.15) is 0 Å². The highest BCUT2D eigenvalue weighted by atomic mass is 16.5. The SMILES string of the molecule is COc1ccc(C(C(=O)NC2CCCC2)N2CC(C)CC(C)C2)cc1. The molecule has 1 amide bonds. The van der Waals surface area contributed by atoms with Crippen LogP contribution in [-0.2, 0) is 4.79 Å². The fourth-order valence-corrected chi connectivity index (χ4v) is 4.59. The van der Waals surface area contributed by atoms with Crippen LogP contribution >= 0.6 is 0 Å². The van der Waals surface area contributed by atoms with Crippen molar-refractivity contribution >= 4 is 5.91 Å². The smallest absolute Gasteiger partial charge is 0.242 e. The monoisotopic (exact) mass is 344 g/mol. The van der Waals surface area contributed by atoms with E-state index < -0.39 is 0 Å². The van der Waals surface area contributed by atoms with Crippen LogP contribution in [0.25, 0.3) is 0 Å². The van der Waals surface area contributed by atoms with Crippen LogP contribution in [0, 0.1) is 11.8 Å². The standard InChI is InChI=1S/C21H32N2O2/c1-15-12-16(2)14-23(13-15)20(17-8-10-19(25-3)11-9-17)21(24)22-18-6-4-5-7-18/h8-11,15-16,18,20H,4-7,12-14H2,1-3H3,(H,22,24). The number of nitrogens with zero attached hydrogens (tertiary/aromatic N) is 1. The van der Waals surface area contributed by atoms with E-state index in [2.05, 4.69) is 24.1 Å². The summed E-state index contributed by atoms with van der Waals surface area (Å²) in [5, 5.41) is 3.32. The number of benzene rings is 1. The molecule has 0 aromatic heterocycles. The van der Waals surface area contributed by atoms with E-state index >= 15 is 0 Å². The molecule has 1 heterocycles. The van der Waals surface area contributed by atoms with Crippen LogP contribution in [0.5, 0.6) is 5.75 Å². The van der Waals surface area contributed by atoms with E-state index in [9.17, 15) is 4.79 Å². The number of carbonyl (C=O) groups excluding carboxylic acids is 1. The summed E-state index contributed by atoms with van der Waals surface area (Å²) in [5.41, 5.74) is 1.07. The van der Waals surface area contributed by atoms with Crippen molar-refractivity contribution in [2.24, 2.45) is 11.8 Å². The molecule has 0 bridgehead atoms. The van der Waals surface area contributed by atoms with Crippen LogP contribution in [-0.4, -0.2) is 37.0 Å². The van der Waals surface area contributed by atoms with Gasteiger partial charge in [0, 0.05) is 19.1 Å². The summed E-state index contributed by atoms with van der Waals surface area (Å²) in [7, 11) is 1.67. The van der Waals surface area contributed by atoms with Crippen molar-refractivity contribution in [3.8, 4) is 5.75 Å². The Morgan fingerprint density at radius 1 is 1.12 bits per heavy atom. The molecule has 1 aromatic rings. The molecule has 138 valence electrons. The molecule has 1 saturated heterocycles. The highest BCUT2D eigenvalue weighted by molar-refractivity contribution is 5.83. The molecule has 1 aliphatic carbocycles. The maximum Gasteiger partial charge on any atom is 0.242 e. The molecule has 4 nitrogen and oxygen atoms in total. The van der Waals surface area contributed by atoms with Gasteiger partial charge in [-0.25, -0.2) is 0 Å². The van der Waals surface area contributed by atoms with Crippen LogP contribution in [0.15, 0.2) is 24.3 Å². The third kappa shape index (κ3) is 4.55. The van der Waals surface area contributed by atoms with Crippen molar-refractivity contribution in [3.05, 3.63) is 29.8 Å². The Balaban J connectivity index is 1.82. The van der Waals surface area contributed by atoms with Crippen molar-refractivity contribution in [3.63, 3.8) is 0 Å². The number of amides is 1. The number of rotatable bonds is 5. The zero-order valence-electron chi connectivity index (χ0n) is 15.8. The number of ether oxygens (including phenoxy) is 1. The van der Waals surface area contributed by atoms with Crippen molar-refractivity contribution in [1.82, 2.24) is 10.2 Å². The second-order valence-electron chi connectivity index (χ2n) is 8.07. The number of carbonyl (C=O) groups is 1. The summed E-state index contributed by atoms with van der Waals surface area (Å²) < 4.78 is 5.28. The lowest BCUT2D eigenvalue weighted by molar-refractivity contribution is -0.128. The van der Waals surface area contributed by atoms with E-state index in [1.807, 2.05) is 24.3 Å². The number of nitrogens with one attached hydrogen (secondary N) is 1. The Labute approximate surface area is 151 Å². The maximum absolute atomic E-state index is 13.2. The number of piperidine rings is 1. The quantitative estimate of drug-likeness (QED) is 0.884. The normalized spacial score (nSPS) is 26.4. The maximum atomic E-state index is 13.2. The molecule has 25 heavy (non-hydrogen) atoms. The molecule has 2 fully saturated rings. The van der Waals surface area contributed by atoms with Gasteiger partial charge in [-0.05, 0) is 48.8 Å². The van der Waals surface area contributed by atoms with E-state index in [4.69, 9.17) is 4.74 Å². The Bertz CT molecular complexity index is 556. The van der Waals surface area contributed by atoms with Crippen LogP contribution in [0.4, 0.5) is 0 Å². The van der Waals surface area contributed by atoms with Gasteiger partial charge in [-0.15, -0.1) is 0 Å². The van der Waals surface area contributed by atoms with Crippen LogP contribution in [0.3, 0.4) is 0 Å². The molecule has 1 aromatic carbocycles. The largest absolute Gasteiger partial charge is 0.497 e. The van der Waals surface area contributed by atoms with E-state index in [1.165, 1.54) is 19.3 Å². The van der Waals surface area contributed by atoms with Crippen molar-refractivity contribution in [1.29, 1.82) is 0 Å². The molecule has 1 aliphatic heterocycles. The van der Waals surface area contributed by atoms with Gasteiger partial charge < -0.3 is 10.1 Å². The highest BCUT2D eigenvalue weighted by Gasteiger charge is 2.34. The fourth-order valence-electron chi connectivity index (χ4n) is 4.59. The van der Waals surface area contributed by atoms with Gasteiger partial charge in [0.15, 0.2) is 0 Å². The Morgan fingerprint density at radius 2 is 1.72 bits per heavy atom. The van der Waals surface area contributed by atoms with Crippen molar-refractivity contribution < 1.29 is 9.53 Å². The Morgan fingerprint density at radius 3 is 2.28 bits per heavy atom. The van der Waals surface area contributed by atoms with E-state index in [1.54, 1.807) is 7.11 Å². The second-order valence-corrected chi connectivity index (χ2v) is 8.07. The van der Waals surface area contributed by atoms with Gasteiger partial charge in [0.1, 0.15) is 11.8 Å². The van der Waals surface area contributed by atoms with Gasteiger partial charge in [0.2, 0.25) is 5.91 Å². The number of likely N-dealkylation sites (tertiary alicyclic amines) is 1. The van der Waals surface area contributed by atoms with E-state index in [-0.39, 0.29) is 11.9 Å². The Hall–Kier alpha value is -1.55. The van der Waals surface area contributed by atoms with Gasteiger partial charge >= 0.3 is 0 Å². The molecule has 3 atom stereocenters. The molecule has 1 N–H and O–H groups in total. The van der Waals surface area contributed by atoms with Gasteiger partial charge in [0.25, 0.3) is 0 Å². The molecule has 3 unspecified atom stereocenters. The summed E-state index contributed by atoms with van der Waals surface area (Å²) in [6.07, 6.45) is 5.95. The predicted octanol–water partition coefficient (Wildman–Crippen LogP) is 3.77. The summed E-state index contributed by atoms with van der Waals surface area (Å²) in [4.78, 5) is 15.6. The van der Waals surface area contributed by atoms with E-state index in [0.29, 0.717) is 17.9 Å². The summed E-state index contributed by atoms with van der Waals surface area (Å²) in [6, 6.07) is 8.16. The number of methoxy groups -OCH3 is 1. The third-order valence-corrected chi connectivity index (χ3v) is 5.64. The molecule has 0 radical (unpaired) electrons. The Kier molecular flexibility index (Phi) is 6.00.